The number of rotatable bonds is 12. The smallest absolute Gasteiger partial charge is 0.128 e. The molecule has 0 radical (unpaired) electrons. The SMILES string of the molecule is CC(C)(C)c1cc(C=N[C@@H]2CCCC[C@H]2N/N=C\c2cc(C(C)(C)c3cc(/C=N/N[C@@H]4CCCC[C@H]4N=Cc4cc(C(C)(C)C)cc(C(C)(C)C)c4O)c(O)c(C(C)(C)C)c3)cc(C(C)(C)C)c2O)c(O)c(C(C)(C)C)c1. The lowest BCUT2D eigenvalue weighted by molar-refractivity contribution is 0.336. The van der Waals surface area contributed by atoms with E-state index in [0.717, 1.165) is 107 Å². The Labute approximate surface area is 464 Å². The third-order valence-electron chi connectivity index (χ3n) is 16.1. The Morgan fingerprint density at radius 3 is 0.896 bits per heavy atom. The van der Waals surface area contributed by atoms with Crippen molar-refractivity contribution < 1.29 is 20.4 Å². The second kappa shape index (κ2) is 22.6. The van der Waals surface area contributed by atoms with E-state index in [9.17, 15) is 20.4 Å². The Morgan fingerprint density at radius 2 is 0.610 bits per heavy atom. The van der Waals surface area contributed by atoms with Gasteiger partial charge in [-0.25, -0.2) is 0 Å². The second-order valence-corrected chi connectivity index (χ2v) is 29.2. The molecule has 10 nitrogen and oxygen atoms in total. The van der Waals surface area contributed by atoms with E-state index in [0.29, 0.717) is 11.1 Å². The van der Waals surface area contributed by atoms with Gasteiger partial charge in [-0.15, -0.1) is 0 Å². The normalized spacial score (nSPS) is 19.8. The van der Waals surface area contributed by atoms with Crippen LogP contribution >= 0.6 is 0 Å². The highest BCUT2D eigenvalue weighted by atomic mass is 16.3. The molecular weight excluding hydrogens is 953 g/mol. The first-order valence-electron chi connectivity index (χ1n) is 28.5. The van der Waals surface area contributed by atoms with E-state index in [1.165, 1.54) is 0 Å². The van der Waals surface area contributed by atoms with Crippen molar-refractivity contribution in [1.29, 1.82) is 0 Å². The monoisotopic (exact) mass is 1050 g/mol. The summed E-state index contributed by atoms with van der Waals surface area (Å²) in [6, 6.07) is 16.6. The zero-order valence-corrected chi connectivity index (χ0v) is 51.0. The molecule has 2 saturated carbocycles. The van der Waals surface area contributed by atoms with Gasteiger partial charge in [0.1, 0.15) is 23.0 Å². The number of phenols is 4. The minimum absolute atomic E-state index is 0.0261. The topological polar surface area (TPSA) is 154 Å². The Kier molecular flexibility index (Phi) is 17.8. The van der Waals surface area contributed by atoms with Crippen molar-refractivity contribution in [2.75, 3.05) is 0 Å². The van der Waals surface area contributed by atoms with Gasteiger partial charge in [-0.05, 0) is 105 Å². The van der Waals surface area contributed by atoms with Crippen molar-refractivity contribution in [1.82, 2.24) is 10.9 Å². The van der Waals surface area contributed by atoms with Gasteiger partial charge in [-0.3, -0.25) is 9.98 Å². The standard InChI is InChI=1S/C67H98N6O4/c1-61(2,3)45-29-41(57(74)49(33-45)63(7,8)9)37-68-53-25-21-23-27-55(53)72-70-39-43-31-47(35-51(59(43)76)65(13,14)15)67(19,20)48-32-44(60(77)52(36-48)66(16,17)18)40-71-73-56-28-24-22-26-54(56)69-38-42-30-46(62(4,5)6)34-50(58(42)75)64(10,11)12/h29-40,53-56,72-77H,21-28H2,1-20H3/b68-37?,69-38?,70-39-,71-40+/t53-,54-,55-,56-/m1/s1. The first-order chi connectivity index (χ1) is 35.4. The van der Waals surface area contributed by atoms with Crippen LogP contribution in [0.15, 0.2) is 68.7 Å². The van der Waals surface area contributed by atoms with E-state index < -0.39 is 5.41 Å². The average molecular weight is 1050 g/mol. The highest BCUT2D eigenvalue weighted by Crippen LogP contribution is 2.44. The van der Waals surface area contributed by atoms with Crippen LogP contribution in [-0.2, 0) is 37.9 Å². The molecule has 4 aromatic carbocycles. The number of hydrogen-bond acceptors (Lipinski definition) is 10. The molecule has 2 fully saturated rings. The fraction of sp³-hybridized carbons (Fsp3) is 0.582. The minimum Gasteiger partial charge on any atom is -0.507 e. The quantitative estimate of drug-likeness (QED) is 0.0613. The van der Waals surface area contributed by atoms with Crippen molar-refractivity contribution in [2.24, 2.45) is 20.2 Å². The number of nitrogens with one attached hydrogen (secondary N) is 2. The zero-order valence-electron chi connectivity index (χ0n) is 51.0. The molecule has 0 aromatic heterocycles. The van der Waals surface area contributed by atoms with E-state index in [1.807, 2.05) is 24.6 Å². The van der Waals surface area contributed by atoms with Crippen LogP contribution in [0.1, 0.15) is 257 Å². The minimum atomic E-state index is -0.592. The molecule has 2 aliphatic carbocycles. The van der Waals surface area contributed by atoms with Gasteiger partial charge in [0.05, 0.1) is 36.6 Å². The van der Waals surface area contributed by atoms with E-state index in [-0.39, 0.29) is 79.7 Å². The third-order valence-corrected chi connectivity index (χ3v) is 16.1. The van der Waals surface area contributed by atoms with Gasteiger partial charge in [0, 0.05) is 62.4 Å². The molecule has 0 heterocycles. The molecule has 0 spiro atoms. The van der Waals surface area contributed by atoms with Crippen LogP contribution in [0.4, 0.5) is 0 Å². The number of hydrazone groups is 2. The maximum absolute atomic E-state index is 12.0. The highest BCUT2D eigenvalue weighted by Gasteiger charge is 2.33. The molecule has 4 aromatic rings. The van der Waals surface area contributed by atoms with E-state index in [4.69, 9.17) is 20.2 Å². The molecule has 6 rings (SSSR count). The molecule has 0 amide bonds. The lowest BCUT2D eigenvalue weighted by atomic mass is 9.72. The van der Waals surface area contributed by atoms with Gasteiger partial charge in [-0.2, -0.15) is 10.2 Å². The molecule has 0 bridgehead atoms. The summed E-state index contributed by atoms with van der Waals surface area (Å²) in [6.45, 7) is 43.0. The summed E-state index contributed by atoms with van der Waals surface area (Å²) in [4.78, 5) is 10.2. The van der Waals surface area contributed by atoms with E-state index in [1.54, 1.807) is 12.4 Å². The molecule has 77 heavy (non-hydrogen) atoms. The maximum Gasteiger partial charge on any atom is 0.128 e. The van der Waals surface area contributed by atoms with Crippen LogP contribution in [0.2, 0.25) is 0 Å². The molecule has 420 valence electrons. The summed E-state index contributed by atoms with van der Waals surface area (Å²) < 4.78 is 0. The number of phenolic OH excluding ortho intramolecular Hbond substituents is 4. The predicted molar refractivity (Wildman–Crippen MR) is 325 cm³/mol. The van der Waals surface area contributed by atoms with Crippen LogP contribution in [0.3, 0.4) is 0 Å². The first kappa shape index (κ1) is 60.6. The molecular formula is C67H98N6O4. The fourth-order valence-corrected chi connectivity index (χ4v) is 10.7. The Balaban J connectivity index is 1.30. The predicted octanol–water partition coefficient (Wildman–Crippen LogP) is 15.3. The number of aromatic hydroxyl groups is 4. The van der Waals surface area contributed by atoms with Crippen molar-refractivity contribution in [3.8, 4) is 23.0 Å². The third kappa shape index (κ3) is 14.5. The lowest BCUT2D eigenvalue weighted by Crippen LogP contribution is -2.38. The average Bonchev–Trinajstić information content (AvgIpc) is 3.30. The molecule has 0 saturated heterocycles. The summed E-state index contributed by atoms with van der Waals surface area (Å²) in [7, 11) is 0. The highest BCUT2D eigenvalue weighted by molar-refractivity contribution is 5.87. The van der Waals surface area contributed by atoms with Gasteiger partial charge >= 0.3 is 0 Å². The first-order valence-corrected chi connectivity index (χ1v) is 28.5. The molecule has 0 aliphatic heterocycles. The van der Waals surface area contributed by atoms with Crippen molar-refractivity contribution in [2.45, 2.75) is 252 Å². The largest absolute Gasteiger partial charge is 0.507 e. The molecule has 4 atom stereocenters. The number of nitrogens with zero attached hydrogens (tertiary/aromatic N) is 4. The van der Waals surface area contributed by atoms with Gasteiger partial charge in [0.15, 0.2) is 0 Å². The van der Waals surface area contributed by atoms with E-state index >= 15 is 0 Å². The molecule has 2 aliphatic rings. The van der Waals surface area contributed by atoms with Crippen molar-refractivity contribution in [3.63, 3.8) is 0 Å². The van der Waals surface area contributed by atoms with Gasteiger partial charge in [0.2, 0.25) is 0 Å². The Hall–Kier alpha value is -5.64. The summed E-state index contributed by atoms with van der Waals surface area (Å²) in [5, 5.41) is 56.6. The Bertz CT molecular complexity index is 2670. The summed E-state index contributed by atoms with van der Waals surface area (Å²) >= 11 is 0. The fourth-order valence-electron chi connectivity index (χ4n) is 10.7. The summed E-state index contributed by atoms with van der Waals surface area (Å²) in [6.07, 6.45) is 15.0. The van der Waals surface area contributed by atoms with Crippen LogP contribution in [0.25, 0.3) is 0 Å². The zero-order chi connectivity index (χ0) is 57.4. The van der Waals surface area contributed by atoms with Crippen LogP contribution < -0.4 is 10.9 Å². The van der Waals surface area contributed by atoms with Crippen molar-refractivity contribution in [3.05, 3.63) is 115 Å². The Morgan fingerprint density at radius 1 is 0.351 bits per heavy atom. The van der Waals surface area contributed by atoms with Crippen LogP contribution in [0.5, 0.6) is 23.0 Å². The second-order valence-electron chi connectivity index (χ2n) is 29.2. The summed E-state index contributed by atoms with van der Waals surface area (Å²) in [5.74, 6) is 0.955. The molecule has 0 unspecified atom stereocenters. The molecule has 6 N–H and O–H groups in total. The van der Waals surface area contributed by atoms with Gasteiger partial charge in [-0.1, -0.05) is 188 Å². The van der Waals surface area contributed by atoms with Crippen molar-refractivity contribution >= 4 is 24.9 Å². The van der Waals surface area contributed by atoms with Gasteiger partial charge in [0.25, 0.3) is 0 Å². The van der Waals surface area contributed by atoms with Gasteiger partial charge < -0.3 is 31.3 Å². The number of hydrogen-bond donors (Lipinski definition) is 6. The summed E-state index contributed by atoms with van der Waals surface area (Å²) in [5.41, 5.74) is 15.3. The van der Waals surface area contributed by atoms with E-state index in [2.05, 4.69) is 186 Å². The lowest BCUT2D eigenvalue weighted by Gasteiger charge is -2.32. The maximum atomic E-state index is 12.0. The molecule has 10 heteroatoms. The van der Waals surface area contributed by atoms with Crippen LogP contribution in [-0.4, -0.2) is 69.5 Å². The number of benzene rings is 4. The van der Waals surface area contributed by atoms with Crippen LogP contribution in [0, 0.1) is 0 Å². The number of aliphatic imine (C=N–C) groups is 2.